The number of hydrogen-bond donors (Lipinski definition) is 0. The molecule has 35 heavy (non-hydrogen) atoms. The zero-order valence-corrected chi connectivity index (χ0v) is 20.0. The largest absolute Gasteiger partial charge is 0.495 e. The molecule has 1 aliphatic heterocycles. The molecular weight excluding hydrogens is 473 g/mol. The van der Waals surface area contributed by atoms with E-state index in [1.807, 2.05) is 12.1 Å². The van der Waals surface area contributed by atoms with Crippen LogP contribution in [0.25, 0.3) is 0 Å². The number of methoxy groups -OCH3 is 1. The van der Waals surface area contributed by atoms with Crippen LogP contribution in [0.4, 0.5) is 10.1 Å². The lowest BCUT2D eigenvalue weighted by Gasteiger charge is -2.31. The molecule has 0 amide bonds. The molecule has 0 radical (unpaired) electrons. The van der Waals surface area contributed by atoms with Crippen LogP contribution >= 0.6 is 0 Å². The highest BCUT2D eigenvalue weighted by atomic mass is 32.2. The van der Waals surface area contributed by atoms with Gasteiger partial charge >= 0.3 is 5.97 Å². The number of sulfonamides is 1. The Kier molecular flexibility index (Phi) is 6.88. The quantitative estimate of drug-likeness (QED) is 0.355. The van der Waals surface area contributed by atoms with Gasteiger partial charge in [0.15, 0.2) is 6.10 Å². The van der Waals surface area contributed by atoms with E-state index in [2.05, 4.69) is 0 Å². The summed E-state index contributed by atoms with van der Waals surface area (Å²) in [6, 6.07) is 16.1. The number of ketones is 1. The molecule has 7 nitrogen and oxygen atoms in total. The Morgan fingerprint density at radius 1 is 1.00 bits per heavy atom. The molecule has 0 spiro atoms. The molecule has 0 aromatic heterocycles. The van der Waals surface area contributed by atoms with E-state index in [-0.39, 0.29) is 21.8 Å². The fraction of sp³-hybridized carbons (Fsp3) is 0.231. The van der Waals surface area contributed by atoms with Gasteiger partial charge in [0, 0.05) is 12.1 Å². The van der Waals surface area contributed by atoms with Gasteiger partial charge in [-0.2, -0.15) is 0 Å². The second-order valence-electron chi connectivity index (χ2n) is 8.09. The smallest absolute Gasteiger partial charge is 0.338 e. The Labute approximate surface area is 203 Å². The molecule has 9 heteroatoms. The second-order valence-corrected chi connectivity index (χ2v) is 9.92. The van der Waals surface area contributed by atoms with Gasteiger partial charge in [-0.15, -0.1) is 0 Å². The molecule has 1 heterocycles. The molecule has 3 aromatic rings. The van der Waals surface area contributed by atoms with Crippen LogP contribution in [0.5, 0.6) is 5.75 Å². The predicted octanol–water partition coefficient (Wildman–Crippen LogP) is 4.40. The van der Waals surface area contributed by atoms with Crippen molar-refractivity contribution in [2.24, 2.45) is 0 Å². The third kappa shape index (κ3) is 4.90. The van der Waals surface area contributed by atoms with Crippen molar-refractivity contribution in [1.29, 1.82) is 0 Å². The number of halogens is 1. The molecule has 0 unspecified atom stereocenters. The minimum atomic E-state index is -4.07. The average Bonchev–Trinajstić information content (AvgIpc) is 2.87. The fourth-order valence-electron chi connectivity index (χ4n) is 4.00. The Morgan fingerprint density at radius 2 is 1.69 bits per heavy atom. The van der Waals surface area contributed by atoms with Crippen molar-refractivity contribution < 1.29 is 31.9 Å². The molecule has 182 valence electrons. The number of ether oxygens (including phenoxy) is 2. The number of para-hydroxylation sites is 1. The normalized spacial score (nSPS) is 14.1. The second kappa shape index (κ2) is 9.87. The summed E-state index contributed by atoms with van der Waals surface area (Å²) in [7, 11) is -2.72. The zero-order chi connectivity index (χ0) is 25.2. The molecule has 0 bridgehead atoms. The van der Waals surface area contributed by atoms with Crippen molar-refractivity contribution >= 4 is 27.5 Å². The number of carbonyl (C=O) groups is 2. The number of rotatable bonds is 7. The van der Waals surface area contributed by atoms with Crippen LogP contribution in [0.1, 0.15) is 39.6 Å². The molecule has 0 N–H and O–H groups in total. The monoisotopic (exact) mass is 497 g/mol. The van der Waals surface area contributed by atoms with Gasteiger partial charge in [0.2, 0.25) is 5.78 Å². The van der Waals surface area contributed by atoms with E-state index in [9.17, 15) is 22.4 Å². The molecule has 3 aromatic carbocycles. The van der Waals surface area contributed by atoms with Crippen molar-refractivity contribution in [3.63, 3.8) is 0 Å². The first-order valence-corrected chi connectivity index (χ1v) is 12.5. The zero-order valence-electron chi connectivity index (χ0n) is 19.2. The maximum Gasteiger partial charge on any atom is 0.338 e. The summed E-state index contributed by atoms with van der Waals surface area (Å²) in [4.78, 5) is 25.2. The first-order valence-electron chi connectivity index (χ1n) is 11.0. The van der Waals surface area contributed by atoms with Gasteiger partial charge in [0.1, 0.15) is 16.5 Å². The van der Waals surface area contributed by atoms with Crippen molar-refractivity contribution in [2.75, 3.05) is 18.0 Å². The van der Waals surface area contributed by atoms with Crippen molar-refractivity contribution in [1.82, 2.24) is 0 Å². The topological polar surface area (TPSA) is 90.0 Å². The number of carbonyl (C=O) groups excluding carboxylic acids is 2. The minimum absolute atomic E-state index is 0.0478. The van der Waals surface area contributed by atoms with Gasteiger partial charge in [-0.1, -0.05) is 18.2 Å². The lowest BCUT2D eigenvalue weighted by molar-refractivity contribution is 0.0318. The maximum atomic E-state index is 13.7. The first-order chi connectivity index (χ1) is 16.7. The van der Waals surface area contributed by atoms with E-state index < -0.39 is 33.7 Å². The van der Waals surface area contributed by atoms with Crippen molar-refractivity contribution in [3.8, 4) is 5.75 Å². The predicted molar refractivity (Wildman–Crippen MR) is 128 cm³/mol. The molecule has 1 aliphatic rings. The van der Waals surface area contributed by atoms with E-state index in [0.29, 0.717) is 18.7 Å². The molecule has 0 fully saturated rings. The minimum Gasteiger partial charge on any atom is -0.495 e. The lowest BCUT2D eigenvalue weighted by Crippen LogP contribution is -2.35. The molecule has 4 rings (SSSR count). The van der Waals surface area contributed by atoms with Crippen LogP contribution < -0.4 is 9.04 Å². The highest BCUT2D eigenvalue weighted by Crippen LogP contribution is 2.35. The van der Waals surface area contributed by atoms with Crippen LogP contribution in [0, 0.1) is 5.82 Å². The number of anilines is 1. The number of hydrogen-bond acceptors (Lipinski definition) is 6. The summed E-state index contributed by atoms with van der Waals surface area (Å²) in [6.45, 7) is 1.69. The van der Waals surface area contributed by atoms with E-state index in [0.717, 1.165) is 24.1 Å². The molecular formula is C26H24FNO6S. The van der Waals surface area contributed by atoms with Crippen LogP contribution in [-0.2, 0) is 21.2 Å². The summed E-state index contributed by atoms with van der Waals surface area (Å²) < 4.78 is 52.4. The Morgan fingerprint density at radius 3 is 2.40 bits per heavy atom. The summed E-state index contributed by atoms with van der Waals surface area (Å²) in [5.74, 6) is -1.79. The maximum absolute atomic E-state index is 13.7. The van der Waals surface area contributed by atoms with E-state index in [1.165, 1.54) is 48.7 Å². The van der Waals surface area contributed by atoms with Gasteiger partial charge in [-0.3, -0.25) is 9.10 Å². The highest BCUT2D eigenvalue weighted by Gasteiger charge is 2.32. The molecule has 0 saturated heterocycles. The molecule has 0 saturated carbocycles. The third-order valence-electron chi connectivity index (χ3n) is 5.82. The Hall–Kier alpha value is -3.72. The lowest BCUT2D eigenvalue weighted by atomic mass is 10.0. The van der Waals surface area contributed by atoms with Crippen molar-refractivity contribution in [2.45, 2.75) is 30.8 Å². The standard InChI is InChI=1S/C26H24FNO6S/c1-17(25(29)19-9-12-21(27)13-10-19)34-26(30)20-11-14-23(33-2)24(16-20)35(31,32)28-15-5-7-18-6-3-4-8-22(18)28/h3-4,6,8-14,16-17H,5,7,15H2,1-2H3/t17-/m0/s1. The number of benzene rings is 3. The van der Waals surface area contributed by atoms with Crippen LogP contribution in [-0.4, -0.2) is 39.9 Å². The van der Waals surface area contributed by atoms with Crippen LogP contribution in [0.2, 0.25) is 0 Å². The summed E-state index contributed by atoms with van der Waals surface area (Å²) in [6.07, 6.45) is 0.263. The van der Waals surface area contributed by atoms with Gasteiger partial charge in [0.25, 0.3) is 10.0 Å². The molecule has 1 atom stereocenters. The van der Waals surface area contributed by atoms with Gasteiger partial charge in [-0.05, 0) is 73.9 Å². The number of esters is 1. The number of fused-ring (bicyclic) bond motifs is 1. The summed E-state index contributed by atoms with van der Waals surface area (Å²) in [5.41, 5.74) is 1.65. The van der Waals surface area contributed by atoms with Crippen molar-refractivity contribution in [3.05, 3.63) is 89.2 Å². The Bertz CT molecular complexity index is 1370. The number of nitrogens with zero attached hydrogens (tertiary/aromatic N) is 1. The highest BCUT2D eigenvalue weighted by molar-refractivity contribution is 7.93. The van der Waals surface area contributed by atoms with E-state index in [1.54, 1.807) is 12.1 Å². The fourth-order valence-corrected chi connectivity index (χ4v) is 5.73. The number of Topliss-reactive ketones (excluding diaryl/α,β-unsaturated/α-hetero) is 1. The van der Waals surface area contributed by atoms with Gasteiger partial charge in [0.05, 0.1) is 18.4 Å². The van der Waals surface area contributed by atoms with E-state index >= 15 is 0 Å². The van der Waals surface area contributed by atoms with Crippen LogP contribution in [0.3, 0.4) is 0 Å². The van der Waals surface area contributed by atoms with E-state index in [4.69, 9.17) is 9.47 Å². The first kappa shape index (κ1) is 24.4. The van der Waals surface area contributed by atoms with Gasteiger partial charge in [-0.25, -0.2) is 17.6 Å². The Balaban J connectivity index is 1.62. The molecule has 0 aliphatic carbocycles. The summed E-state index contributed by atoms with van der Waals surface area (Å²) in [5, 5.41) is 0. The van der Waals surface area contributed by atoms with Gasteiger partial charge < -0.3 is 9.47 Å². The third-order valence-corrected chi connectivity index (χ3v) is 7.65. The summed E-state index contributed by atoms with van der Waals surface area (Å²) >= 11 is 0. The average molecular weight is 498 g/mol. The number of aryl methyl sites for hydroxylation is 1. The SMILES string of the molecule is COc1ccc(C(=O)O[C@@H](C)C(=O)c2ccc(F)cc2)cc1S(=O)(=O)N1CCCc2ccccc21. The van der Waals surface area contributed by atoms with Crippen LogP contribution in [0.15, 0.2) is 71.6 Å².